The molecule has 2 N–H and O–H groups in total. The Morgan fingerprint density at radius 2 is 1.89 bits per heavy atom. The molecular weight excluding hydrogens is 342 g/mol. The van der Waals surface area contributed by atoms with E-state index >= 15 is 0 Å². The van der Waals surface area contributed by atoms with E-state index in [1.165, 1.54) is 5.56 Å². The monoisotopic (exact) mass is 365 g/mol. The standard InChI is InChI=1S/C19H23N7O/c1-27-18-13-17(21-19(20)22-18)25-10-9-16-24-23-15(26(16)12-11-25)8-7-14-5-3-2-4-6-14/h2-6,13H,7-12H2,1H3,(H2,20,21,22). The van der Waals surface area contributed by atoms with Gasteiger partial charge >= 0.3 is 0 Å². The SMILES string of the molecule is COc1cc(N2CCc3nnc(CCc4ccccc4)n3CC2)nc(N)n1. The highest BCUT2D eigenvalue weighted by atomic mass is 16.5. The Morgan fingerprint density at radius 3 is 2.70 bits per heavy atom. The first-order valence-corrected chi connectivity index (χ1v) is 9.11. The molecule has 3 heterocycles. The number of hydrogen-bond acceptors (Lipinski definition) is 7. The largest absolute Gasteiger partial charge is 0.481 e. The van der Waals surface area contributed by atoms with E-state index in [-0.39, 0.29) is 5.95 Å². The molecule has 1 aliphatic heterocycles. The van der Waals surface area contributed by atoms with Crippen LogP contribution >= 0.6 is 0 Å². The van der Waals surface area contributed by atoms with Crippen LogP contribution in [0.15, 0.2) is 36.4 Å². The third-order valence-electron chi connectivity index (χ3n) is 4.82. The van der Waals surface area contributed by atoms with Gasteiger partial charge in [-0.25, -0.2) is 0 Å². The van der Waals surface area contributed by atoms with E-state index in [1.807, 2.05) is 12.1 Å². The molecule has 0 radical (unpaired) electrons. The first-order chi connectivity index (χ1) is 13.2. The zero-order valence-corrected chi connectivity index (χ0v) is 15.4. The number of hydrogen-bond donors (Lipinski definition) is 1. The number of nitrogens with two attached hydrogens (primary N) is 1. The van der Waals surface area contributed by atoms with E-state index in [9.17, 15) is 0 Å². The predicted octanol–water partition coefficient (Wildman–Crippen LogP) is 1.51. The molecule has 8 nitrogen and oxygen atoms in total. The quantitative estimate of drug-likeness (QED) is 0.732. The summed E-state index contributed by atoms with van der Waals surface area (Å²) < 4.78 is 7.45. The van der Waals surface area contributed by atoms with Crippen molar-refractivity contribution in [3.63, 3.8) is 0 Å². The molecule has 1 aromatic carbocycles. The fourth-order valence-corrected chi connectivity index (χ4v) is 3.39. The molecule has 0 atom stereocenters. The third-order valence-corrected chi connectivity index (χ3v) is 4.82. The second-order valence-electron chi connectivity index (χ2n) is 6.53. The van der Waals surface area contributed by atoms with Crippen molar-refractivity contribution in [2.45, 2.75) is 25.8 Å². The lowest BCUT2D eigenvalue weighted by atomic mass is 10.1. The minimum atomic E-state index is 0.219. The van der Waals surface area contributed by atoms with Gasteiger partial charge in [-0.2, -0.15) is 9.97 Å². The van der Waals surface area contributed by atoms with Gasteiger partial charge in [-0.3, -0.25) is 0 Å². The van der Waals surface area contributed by atoms with Crippen LogP contribution in [0.1, 0.15) is 17.2 Å². The number of aromatic nitrogens is 5. The maximum atomic E-state index is 5.81. The van der Waals surface area contributed by atoms with Crippen molar-refractivity contribution in [2.75, 3.05) is 30.8 Å². The van der Waals surface area contributed by atoms with Gasteiger partial charge in [0.1, 0.15) is 17.5 Å². The van der Waals surface area contributed by atoms with E-state index in [0.29, 0.717) is 5.88 Å². The molecule has 0 fully saturated rings. The minimum absolute atomic E-state index is 0.219. The highest BCUT2D eigenvalue weighted by molar-refractivity contribution is 5.45. The van der Waals surface area contributed by atoms with Crippen LogP contribution < -0.4 is 15.4 Å². The Kier molecular flexibility index (Phi) is 4.86. The summed E-state index contributed by atoms with van der Waals surface area (Å²) in [5.74, 6) is 3.54. The molecule has 0 unspecified atom stereocenters. The molecule has 0 saturated heterocycles. The highest BCUT2D eigenvalue weighted by Gasteiger charge is 2.20. The molecule has 27 heavy (non-hydrogen) atoms. The van der Waals surface area contributed by atoms with Crippen molar-refractivity contribution < 1.29 is 4.74 Å². The molecule has 0 amide bonds. The van der Waals surface area contributed by atoms with Gasteiger partial charge in [-0.05, 0) is 12.0 Å². The average molecular weight is 365 g/mol. The van der Waals surface area contributed by atoms with Crippen LogP contribution in [0.2, 0.25) is 0 Å². The van der Waals surface area contributed by atoms with Crippen LogP contribution in [0.25, 0.3) is 0 Å². The molecule has 8 heteroatoms. The van der Waals surface area contributed by atoms with Crippen LogP contribution in [0, 0.1) is 0 Å². The summed E-state index contributed by atoms with van der Waals surface area (Å²) in [4.78, 5) is 10.6. The number of fused-ring (bicyclic) bond motifs is 1. The van der Waals surface area contributed by atoms with Crippen molar-refractivity contribution in [2.24, 2.45) is 0 Å². The fourth-order valence-electron chi connectivity index (χ4n) is 3.39. The lowest BCUT2D eigenvalue weighted by molar-refractivity contribution is 0.397. The number of anilines is 2. The molecule has 4 rings (SSSR count). The van der Waals surface area contributed by atoms with E-state index in [2.05, 4.69) is 53.9 Å². The maximum absolute atomic E-state index is 5.81. The van der Waals surface area contributed by atoms with Gasteiger partial charge in [0.15, 0.2) is 0 Å². The van der Waals surface area contributed by atoms with Crippen LogP contribution in [0.3, 0.4) is 0 Å². The molecule has 0 spiro atoms. The van der Waals surface area contributed by atoms with E-state index in [1.54, 1.807) is 7.11 Å². The van der Waals surface area contributed by atoms with Crippen LogP contribution in [0.5, 0.6) is 5.88 Å². The van der Waals surface area contributed by atoms with Gasteiger partial charge < -0.3 is 19.9 Å². The molecule has 140 valence electrons. The number of nitrogens with zero attached hydrogens (tertiary/aromatic N) is 6. The van der Waals surface area contributed by atoms with E-state index < -0.39 is 0 Å². The van der Waals surface area contributed by atoms with Crippen LogP contribution in [-0.4, -0.2) is 44.9 Å². The van der Waals surface area contributed by atoms with Gasteiger partial charge in [-0.1, -0.05) is 30.3 Å². The van der Waals surface area contributed by atoms with Gasteiger partial charge in [-0.15, -0.1) is 10.2 Å². The second kappa shape index (κ2) is 7.61. The number of benzene rings is 1. The van der Waals surface area contributed by atoms with Crippen molar-refractivity contribution in [1.29, 1.82) is 0 Å². The van der Waals surface area contributed by atoms with Gasteiger partial charge in [0.05, 0.1) is 7.11 Å². The number of aryl methyl sites for hydroxylation is 2. The summed E-state index contributed by atoms with van der Waals surface area (Å²) in [5, 5.41) is 8.84. The molecular formula is C19H23N7O. The van der Waals surface area contributed by atoms with Gasteiger partial charge in [0.25, 0.3) is 0 Å². The van der Waals surface area contributed by atoms with Crippen LogP contribution in [0.4, 0.5) is 11.8 Å². The van der Waals surface area contributed by atoms with E-state index in [4.69, 9.17) is 10.5 Å². The Bertz CT molecular complexity index is 910. The molecule has 0 bridgehead atoms. The zero-order chi connectivity index (χ0) is 18.6. The molecule has 0 aliphatic carbocycles. The maximum Gasteiger partial charge on any atom is 0.225 e. The van der Waals surface area contributed by atoms with E-state index in [0.717, 1.165) is 56.4 Å². The Labute approximate surface area is 158 Å². The normalized spacial score (nSPS) is 13.9. The van der Waals surface area contributed by atoms with Crippen molar-refractivity contribution in [1.82, 2.24) is 24.7 Å². The fraction of sp³-hybridized carbons (Fsp3) is 0.368. The Balaban J connectivity index is 1.47. The number of nitrogen functional groups attached to an aromatic ring is 1. The van der Waals surface area contributed by atoms with Crippen molar-refractivity contribution >= 4 is 11.8 Å². The minimum Gasteiger partial charge on any atom is -0.481 e. The molecule has 0 saturated carbocycles. The highest BCUT2D eigenvalue weighted by Crippen LogP contribution is 2.21. The first-order valence-electron chi connectivity index (χ1n) is 9.11. The molecule has 3 aromatic rings. The topological polar surface area (TPSA) is 95.0 Å². The smallest absolute Gasteiger partial charge is 0.225 e. The van der Waals surface area contributed by atoms with Gasteiger partial charge in [0, 0.05) is 38.5 Å². The summed E-state index contributed by atoms with van der Waals surface area (Å²) in [7, 11) is 1.58. The lowest BCUT2D eigenvalue weighted by Crippen LogP contribution is -2.28. The Morgan fingerprint density at radius 1 is 1.04 bits per heavy atom. The number of ether oxygens (including phenoxy) is 1. The van der Waals surface area contributed by atoms with Crippen molar-refractivity contribution in [3.8, 4) is 5.88 Å². The average Bonchev–Trinajstić information content (AvgIpc) is 2.95. The number of rotatable bonds is 5. The van der Waals surface area contributed by atoms with Crippen LogP contribution in [-0.2, 0) is 25.8 Å². The summed E-state index contributed by atoms with van der Waals surface area (Å²) >= 11 is 0. The Hall–Kier alpha value is -3.16. The third kappa shape index (κ3) is 3.84. The second-order valence-corrected chi connectivity index (χ2v) is 6.53. The lowest BCUT2D eigenvalue weighted by Gasteiger charge is -2.21. The summed E-state index contributed by atoms with van der Waals surface area (Å²) in [6.07, 6.45) is 2.65. The summed E-state index contributed by atoms with van der Waals surface area (Å²) in [6, 6.07) is 12.3. The molecule has 2 aromatic heterocycles. The number of methoxy groups -OCH3 is 1. The zero-order valence-electron chi connectivity index (χ0n) is 15.4. The van der Waals surface area contributed by atoms with Gasteiger partial charge in [0.2, 0.25) is 11.8 Å². The summed E-state index contributed by atoms with van der Waals surface area (Å²) in [5.41, 5.74) is 7.12. The molecule has 1 aliphatic rings. The van der Waals surface area contributed by atoms with Crippen molar-refractivity contribution in [3.05, 3.63) is 53.6 Å². The first kappa shape index (κ1) is 17.3. The summed E-state index contributed by atoms with van der Waals surface area (Å²) in [6.45, 7) is 2.43. The predicted molar refractivity (Wildman–Crippen MR) is 103 cm³/mol.